The molecule has 0 amide bonds. The first-order chi connectivity index (χ1) is 9.51. The van der Waals surface area contributed by atoms with Crippen LogP contribution in [0.3, 0.4) is 0 Å². The van der Waals surface area contributed by atoms with Crippen LogP contribution in [0.5, 0.6) is 0 Å². The highest BCUT2D eigenvalue weighted by atomic mass is 32.2. The zero-order valence-electron chi connectivity index (χ0n) is 11.3. The van der Waals surface area contributed by atoms with E-state index in [0.717, 1.165) is 25.0 Å². The minimum Gasteiger partial charge on any atom is -0.355 e. The van der Waals surface area contributed by atoms with Gasteiger partial charge in [0.05, 0.1) is 10.6 Å². The summed E-state index contributed by atoms with van der Waals surface area (Å²) in [4.78, 5) is 4.15. The van der Waals surface area contributed by atoms with E-state index >= 15 is 0 Å². The Hall–Kier alpha value is -1.63. The van der Waals surface area contributed by atoms with Gasteiger partial charge in [-0.2, -0.15) is 0 Å². The minimum atomic E-state index is -3.41. The Labute approximate surface area is 118 Å². The van der Waals surface area contributed by atoms with E-state index in [1.54, 1.807) is 7.05 Å². The van der Waals surface area contributed by atoms with E-state index < -0.39 is 15.7 Å². The van der Waals surface area contributed by atoms with E-state index in [1.807, 2.05) is 0 Å². The number of nitrogens with zero attached hydrogens (tertiary/aromatic N) is 1. The molecule has 7 heteroatoms. The number of hydrogen-bond donors (Lipinski definition) is 2. The molecule has 0 unspecified atom stereocenters. The van der Waals surface area contributed by atoms with Crippen molar-refractivity contribution in [2.45, 2.75) is 23.8 Å². The quantitative estimate of drug-likeness (QED) is 0.482. The summed E-state index contributed by atoms with van der Waals surface area (Å²) in [5.74, 6) is 0.0993. The van der Waals surface area contributed by atoms with E-state index in [2.05, 4.69) is 15.6 Å². The fourth-order valence-electron chi connectivity index (χ4n) is 1.68. The van der Waals surface area contributed by atoms with Gasteiger partial charge in [0.15, 0.2) is 15.8 Å². The molecule has 2 N–H and O–H groups in total. The van der Waals surface area contributed by atoms with Gasteiger partial charge in [-0.05, 0) is 37.1 Å². The number of rotatable bonds is 5. The highest BCUT2D eigenvalue weighted by Gasteiger charge is 2.22. The lowest BCUT2D eigenvalue weighted by Gasteiger charge is -2.11. The Morgan fingerprint density at radius 3 is 2.55 bits per heavy atom. The maximum atomic E-state index is 12.8. The fraction of sp³-hybridized carbons (Fsp3) is 0.462. The Kier molecular flexibility index (Phi) is 4.59. The van der Waals surface area contributed by atoms with E-state index in [9.17, 15) is 12.8 Å². The van der Waals surface area contributed by atoms with Crippen LogP contribution >= 0.6 is 0 Å². The normalized spacial score (nSPS) is 16.0. The first kappa shape index (κ1) is 14.8. The average Bonchev–Trinajstić information content (AvgIpc) is 3.22. The van der Waals surface area contributed by atoms with Crippen molar-refractivity contribution in [3.63, 3.8) is 0 Å². The molecule has 0 aromatic heterocycles. The molecule has 1 fully saturated rings. The zero-order chi connectivity index (χ0) is 14.6. The van der Waals surface area contributed by atoms with Crippen LogP contribution in [0.4, 0.5) is 4.39 Å². The lowest BCUT2D eigenvalue weighted by molar-refractivity contribution is 0.593. The van der Waals surface area contributed by atoms with Crippen molar-refractivity contribution in [3.8, 4) is 0 Å². The summed E-state index contributed by atoms with van der Waals surface area (Å²) in [7, 11) is -1.76. The first-order valence-electron chi connectivity index (χ1n) is 6.47. The summed E-state index contributed by atoms with van der Waals surface area (Å²) in [5, 5.41) is 6.13. The lowest BCUT2D eigenvalue weighted by atomic mass is 10.4. The summed E-state index contributed by atoms with van der Waals surface area (Å²) in [6.45, 7) is 0.256. The van der Waals surface area contributed by atoms with Crippen molar-refractivity contribution >= 4 is 15.8 Å². The van der Waals surface area contributed by atoms with Gasteiger partial charge in [0, 0.05) is 19.6 Å². The number of nitrogens with one attached hydrogen (secondary N) is 2. The number of benzene rings is 1. The molecule has 1 aromatic rings. The summed E-state index contributed by atoms with van der Waals surface area (Å²) in [5.41, 5.74) is 0. The van der Waals surface area contributed by atoms with Gasteiger partial charge in [-0.1, -0.05) is 0 Å². The van der Waals surface area contributed by atoms with Crippen LogP contribution in [0, 0.1) is 5.82 Å². The van der Waals surface area contributed by atoms with Gasteiger partial charge in [0.2, 0.25) is 0 Å². The van der Waals surface area contributed by atoms with Crippen LogP contribution in [0.15, 0.2) is 34.2 Å². The van der Waals surface area contributed by atoms with Gasteiger partial charge >= 0.3 is 0 Å². The topological polar surface area (TPSA) is 70.6 Å². The van der Waals surface area contributed by atoms with E-state index in [0.29, 0.717) is 12.0 Å². The molecular formula is C13H18FN3O2S. The highest BCUT2D eigenvalue weighted by molar-refractivity contribution is 7.91. The molecule has 1 saturated carbocycles. The third-order valence-corrected chi connectivity index (χ3v) is 4.71. The molecule has 0 radical (unpaired) electrons. The molecule has 0 spiro atoms. The minimum absolute atomic E-state index is 0.0655. The molecular weight excluding hydrogens is 281 g/mol. The Morgan fingerprint density at radius 1 is 1.35 bits per heavy atom. The smallest absolute Gasteiger partial charge is 0.191 e. The van der Waals surface area contributed by atoms with E-state index in [4.69, 9.17) is 0 Å². The molecule has 0 bridgehead atoms. The van der Waals surface area contributed by atoms with Crippen molar-refractivity contribution in [2.75, 3.05) is 19.3 Å². The predicted octanol–water partition coefficient (Wildman–Crippen LogP) is 0.927. The molecule has 20 heavy (non-hydrogen) atoms. The highest BCUT2D eigenvalue weighted by Crippen LogP contribution is 2.18. The van der Waals surface area contributed by atoms with Gasteiger partial charge in [-0.3, -0.25) is 4.99 Å². The molecule has 2 rings (SSSR count). The SMILES string of the molecule is CN=C(NCCS(=O)(=O)c1ccc(F)cc1)NC1CC1. The monoisotopic (exact) mass is 299 g/mol. The van der Waals surface area contributed by atoms with Crippen molar-refractivity contribution in [1.29, 1.82) is 0 Å². The van der Waals surface area contributed by atoms with Crippen molar-refractivity contribution in [1.82, 2.24) is 10.6 Å². The summed E-state index contributed by atoms with van der Waals surface area (Å²) >= 11 is 0. The van der Waals surface area contributed by atoms with Crippen LogP contribution < -0.4 is 10.6 Å². The van der Waals surface area contributed by atoms with Crippen LogP contribution in [0.1, 0.15) is 12.8 Å². The summed E-state index contributed by atoms with van der Waals surface area (Å²) < 4.78 is 36.8. The van der Waals surface area contributed by atoms with Crippen molar-refractivity contribution < 1.29 is 12.8 Å². The van der Waals surface area contributed by atoms with Gasteiger partial charge in [0.1, 0.15) is 5.82 Å². The lowest BCUT2D eigenvalue weighted by Crippen LogP contribution is -2.40. The molecule has 0 saturated heterocycles. The number of aliphatic imine (C=N–C) groups is 1. The molecule has 0 aliphatic heterocycles. The third-order valence-electron chi connectivity index (χ3n) is 2.98. The fourth-order valence-corrected chi connectivity index (χ4v) is 2.84. The second kappa shape index (κ2) is 6.21. The van der Waals surface area contributed by atoms with Gasteiger partial charge < -0.3 is 10.6 Å². The molecule has 1 aliphatic rings. The Morgan fingerprint density at radius 2 is 2.00 bits per heavy atom. The standard InChI is InChI=1S/C13H18FN3O2S/c1-15-13(17-11-4-5-11)16-8-9-20(18,19)12-6-2-10(14)3-7-12/h2-3,6-7,11H,4-5,8-9H2,1H3,(H2,15,16,17). The summed E-state index contributed by atoms with van der Waals surface area (Å²) in [6.07, 6.45) is 2.24. The molecule has 0 heterocycles. The van der Waals surface area contributed by atoms with Crippen molar-refractivity contribution in [3.05, 3.63) is 30.1 Å². The molecule has 1 aliphatic carbocycles. The van der Waals surface area contributed by atoms with Crippen LogP contribution in [0.2, 0.25) is 0 Å². The van der Waals surface area contributed by atoms with Gasteiger partial charge in [0.25, 0.3) is 0 Å². The van der Waals surface area contributed by atoms with E-state index in [1.165, 1.54) is 12.1 Å². The number of halogens is 1. The van der Waals surface area contributed by atoms with Gasteiger partial charge in [-0.25, -0.2) is 12.8 Å². The maximum absolute atomic E-state index is 12.8. The molecule has 110 valence electrons. The number of guanidine groups is 1. The van der Waals surface area contributed by atoms with E-state index in [-0.39, 0.29) is 17.2 Å². The zero-order valence-corrected chi connectivity index (χ0v) is 12.1. The average molecular weight is 299 g/mol. The largest absolute Gasteiger partial charge is 0.355 e. The van der Waals surface area contributed by atoms with Crippen molar-refractivity contribution in [2.24, 2.45) is 4.99 Å². The van der Waals surface area contributed by atoms with Crippen LogP contribution in [-0.4, -0.2) is 39.8 Å². The summed E-state index contributed by atoms with van der Waals surface area (Å²) in [6, 6.07) is 5.31. The predicted molar refractivity (Wildman–Crippen MR) is 76.0 cm³/mol. The van der Waals surface area contributed by atoms with Crippen LogP contribution in [-0.2, 0) is 9.84 Å². The van der Waals surface area contributed by atoms with Crippen LogP contribution in [0.25, 0.3) is 0 Å². The molecule has 0 atom stereocenters. The third kappa shape index (κ3) is 4.19. The second-order valence-electron chi connectivity index (χ2n) is 4.69. The number of hydrogen-bond acceptors (Lipinski definition) is 3. The Balaban J connectivity index is 1.87. The molecule has 1 aromatic carbocycles. The maximum Gasteiger partial charge on any atom is 0.191 e. The van der Waals surface area contributed by atoms with Gasteiger partial charge in [-0.15, -0.1) is 0 Å². The molecule has 5 nitrogen and oxygen atoms in total. The second-order valence-corrected chi connectivity index (χ2v) is 6.80. The number of sulfone groups is 1. The Bertz CT molecular complexity index is 580. The first-order valence-corrected chi connectivity index (χ1v) is 8.12.